The Morgan fingerprint density at radius 3 is 1.65 bits per heavy atom. The van der Waals surface area contributed by atoms with Crippen molar-refractivity contribution in [1.82, 2.24) is 4.57 Å². The number of fused-ring (bicyclic) bond motifs is 9. The summed E-state index contributed by atoms with van der Waals surface area (Å²) in [7, 11) is 0. The van der Waals surface area contributed by atoms with E-state index in [2.05, 4.69) is 177 Å². The zero-order valence-corrected chi connectivity index (χ0v) is 29.4. The fourth-order valence-electron chi connectivity index (χ4n) is 9.00. The Morgan fingerprint density at radius 2 is 0.961 bits per heavy atom. The molecule has 1 aromatic heterocycles. The molecule has 0 bridgehead atoms. The van der Waals surface area contributed by atoms with E-state index in [4.69, 9.17) is 5.73 Å². The third-order valence-electron chi connectivity index (χ3n) is 11.7. The third-order valence-corrected chi connectivity index (χ3v) is 11.7. The van der Waals surface area contributed by atoms with Crippen molar-refractivity contribution >= 4 is 38.9 Å². The number of rotatable bonds is 4. The number of benzene rings is 7. The van der Waals surface area contributed by atoms with Gasteiger partial charge >= 0.3 is 0 Å². The van der Waals surface area contributed by atoms with Crippen LogP contribution in [0.15, 0.2) is 146 Å². The minimum Gasteiger partial charge on any atom is -0.399 e. The number of hydrogen-bond acceptors (Lipinski definition) is 2. The van der Waals surface area contributed by atoms with E-state index in [-0.39, 0.29) is 10.8 Å². The predicted octanol–water partition coefficient (Wildman–Crippen LogP) is 12.4. The molecular weight excluding hydrogens is 619 g/mol. The van der Waals surface area contributed by atoms with Gasteiger partial charge in [0.25, 0.3) is 0 Å². The number of hydrogen-bond donors (Lipinski definition) is 2. The van der Waals surface area contributed by atoms with Crippen LogP contribution in [0, 0.1) is 0 Å². The fraction of sp³-hybridized carbons (Fsp3) is 0.125. The topological polar surface area (TPSA) is 43.0 Å². The molecule has 1 heterocycles. The number of anilines is 3. The molecule has 0 radical (unpaired) electrons. The molecule has 0 amide bonds. The number of para-hydroxylation sites is 2. The van der Waals surface area contributed by atoms with Crippen molar-refractivity contribution in [2.24, 2.45) is 0 Å². The third kappa shape index (κ3) is 4.31. The van der Waals surface area contributed by atoms with Crippen LogP contribution in [0.1, 0.15) is 49.9 Å². The first-order chi connectivity index (χ1) is 24.7. The van der Waals surface area contributed by atoms with Gasteiger partial charge < -0.3 is 15.6 Å². The lowest BCUT2D eigenvalue weighted by Gasteiger charge is -2.23. The molecule has 0 spiro atoms. The predicted molar refractivity (Wildman–Crippen MR) is 215 cm³/mol. The monoisotopic (exact) mass is 657 g/mol. The molecule has 0 aliphatic heterocycles. The van der Waals surface area contributed by atoms with Crippen molar-refractivity contribution in [2.75, 3.05) is 11.1 Å². The Bertz CT molecular complexity index is 2730. The van der Waals surface area contributed by atoms with Crippen LogP contribution >= 0.6 is 0 Å². The lowest BCUT2D eigenvalue weighted by atomic mass is 9.81. The van der Waals surface area contributed by atoms with Gasteiger partial charge in [0, 0.05) is 44.4 Å². The van der Waals surface area contributed by atoms with E-state index in [0.717, 1.165) is 17.1 Å². The van der Waals surface area contributed by atoms with E-state index in [1.54, 1.807) is 0 Å². The quantitative estimate of drug-likeness (QED) is 0.185. The maximum atomic E-state index is 6.20. The van der Waals surface area contributed by atoms with Crippen LogP contribution in [-0.4, -0.2) is 4.57 Å². The summed E-state index contributed by atoms with van der Waals surface area (Å²) < 4.78 is 2.38. The Kier molecular flexibility index (Phi) is 6.13. The van der Waals surface area contributed by atoms with Crippen LogP contribution in [0.25, 0.3) is 60.9 Å². The molecule has 3 heteroatoms. The maximum Gasteiger partial charge on any atom is 0.0541 e. The van der Waals surface area contributed by atoms with Gasteiger partial charge in [-0.1, -0.05) is 100 Å². The van der Waals surface area contributed by atoms with E-state index in [9.17, 15) is 0 Å². The van der Waals surface area contributed by atoms with Gasteiger partial charge in [0.2, 0.25) is 0 Å². The van der Waals surface area contributed by atoms with Gasteiger partial charge in [-0.05, 0) is 128 Å². The van der Waals surface area contributed by atoms with Crippen LogP contribution in [0.5, 0.6) is 0 Å². The van der Waals surface area contributed by atoms with E-state index in [1.807, 2.05) is 6.07 Å². The second-order valence-electron chi connectivity index (χ2n) is 15.4. The molecule has 2 aliphatic carbocycles. The number of nitrogens with one attached hydrogen (secondary N) is 1. The van der Waals surface area contributed by atoms with Gasteiger partial charge in [0.05, 0.1) is 11.0 Å². The summed E-state index contributed by atoms with van der Waals surface area (Å²) >= 11 is 0. The summed E-state index contributed by atoms with van der Waals surface area (Å²) in [5.41, 5.74) is 25.6. The molecule has 0 saturated heterocycles. The average Bonchev–Trinajstić information content (AvgIpc) is 3.68. The van der Waals surface area contributed by atoms with E-state index >= 15 is 0 Å². The number of nitrogen functional groups attached to an aromatic ring is 1. The largest absolute Gasteiger partial charge is 0.399 e. The van der Waals surface area contributed by atoms with Gasteiger partial charge in [0.1, 0.15) is 0 Å². The Morgan fingerprint density at radius 1 is 0.451 bits per heavy atom. The van der Waals surface area contributed by atoms with Gasteiger partial charge in [-0.15, -0.1) is 0 Å². The molecule has 8 aromatic rings. The second-order valence-corrected chi connectivity index (χ2v) is 15.4. The second kappa shape index (κ2) is 10.5. The van der Waals surface area contributed by atoms with E-state index < -0.39 is 0 Å². The van der Waals surface area contributed by atoms with Gasteiger partial charge in [0.15, 0.2) is 0 Å². The fourth-order valence-corrected chi connectivity index (χ4v) is 9.00. The molecule has 51 heavy (non-hydrogen) atoms. The van der Waals surface area contributed by atoms with Crippen LogP contribution in [0.2, 0.25) is 0 Å². The Labute approximate surface area is 299 Å². The smallest absolute Gasteiger partial charge is 0.0541 e. The van der Waals surface area contributed by atoms with Gasteiger partial charge in [-0.2, -0.15) is 0 Å². The van der Waals surface area contributed by atoms with E-state index in [1.165, 1.54) is 83.1 Å². The highest BCUT2D eigenvalue weighted by atomic mass is 15.0. The normalized spacial score (nSPS) is 14.7. The molecule has 10 rings (SSSR count). The standard InChI is InChI=1S/C48H39N3/c1-47(2)41-25-30(29-15-23-46-40(24-29)39-12-8-9-13-45(39)51(46)34-10-6-5-7-11-34)14-19-35(41)37-21-17-32(27-43(37)47)50-33-18-22-38-36-20-16-31(49)26-42(36)48(3,4)44(38)28-33/h5-28,50H,49H2,1-4H3. The Balaban J connectivity index is 0.993. The summed E-state index contributed by atoms with van der Waals surface area (Å²) in [5.74, 6) is 0. The van der Waals surface area contributed by atoms with Crippen LogP contribution in [0.3, 0.4) is 0 Å². The highest BCUT2D eigenvalue weighted by Crippen LogP contribution is 2.52. The lowest BCUT2D eigenvalue weighted by molar-refractivity contribution is 0.660. The molecule has 3 nitrogen and oxygen atoms in total. The molecule has 0 saturated carbocycles. The maximum absolute atomic E-state index is 6.20. The number of aromatic nitrogens is 1. The number of nitrogens with zero attached hydrogens (tertiary/aromatic N) is 1. The molecule has 0 atom stereocenters. The molecule has 0 unspecified atom stereocenters. The summed E-state index contributed by atoms with van der Waals surface area (Å²) in [4.78, 5) is 0. The van der Waals surface area contributed by atoms with Crippen molar-refractivity contribution in [2.45, 2.75) is 38.5 Å². The van der Waals surface area contributed by atoms with Crippen LogP contribution < -0.4 is 11.1 Å². The first-order valence-electron chi connectivity index (χ1n) is 17.9. The zero-order valence-electron chi connectivity index (χ0n) is 29.4. The summed E-state index contributed by atoms with van der Waals surface area (Å²) in [6.45, 7) is 9.32. The first kappa shape index (κ1) is 29.8. The van der Waals surface area contributed by atoms with Gasteiger partial charge in [-0.25, -0.2) is 0 Å². The van der Waals surface area contributed by atoms with Crippen molar-refractivity contribution in [1.29, 1.82) is 0 Å². The van der Waals surface area contributed by atoms with Crippen LogP contribution in [0.4, 0.5) is 17.1 Å². The zero-order chi connectivity index (χ0) is 34.6. The first-order valence-corrected chi connectivity index (χ1v) is 17.9. The highest BCUT2D eigenvalue weighted by molar-refractivity contribution is 6.10. The van der Waals surface area contributed by atoms with Gasteiger partial charge in [-0.3, -0.25) is 0 Å². The molecule has 3 N–H and O–H groups in total. The molecular formula is C48H39N3. The lowest BCUT2D eigenvalue weighted by Crippen LogP contribution is -2.16. The minimum atomic E-state index is -0.146. The molecule has 7 aromatic carbocycles. The molecule has 0 fully saturated rings. The molecule has 246 valence electrons. The van der Waals surface area contributed by atoms with Crippen molar-refractivity contribution in [3.63, 3.8) is 0 Å². The average molecular weight is 658 g/mol. The van der Waals surface area contributed by atoms with Crippen molar-refractivity contribution in [3.8, 4) is 39.1 Å². The Hall–Kier alpha value is -6.06. The highest BCUT2D eigenvalue weighted by Gasteiger charge is 2.37. The SMILES string of the molecule is CC1(C)c2cc(N)ccc2-c2ccc(Nc3ccc4c(c3)C(C)(C)c3cc(-c5ccc6c(c5)c5ccccc5n6-c5ccccc5)ccc3-4)cc21. The van der Waals surface area contributed by atoms with Crippen LogP contribution in [-0.2, 0) is 10.8 Å². The minimum absolute atomic E-state index is 0.111. The number of nitrogens with two attached hydrogens (primary N) is 1. The summed E-state index contributed by atoms with van der Waals surface area (Å²) in [6.07, 6.45) is 0. The summed E-state index contributed by atoms with van der Waals surface area (Å²) in [6, 6.07) is 53.4. The molecule has 2 aliphatic rings. The van der Waals surface area contributed by atoms with Crippen molar-refractivity contribution in [3.05, 3.63) is 168 Å². The van der Waals surface area contributed by atoms with Crippen molar-refractivity contribution < 1.29 is 0 Å². The summed E-state index contributed by atoms with van der Waals surface area (Å²) in [5, 5.41) is 6.30. The van der Waals surface area contributed by atoms with E-state index in [0.29, 0.717) is 0 Å².